The van der Waals surface area contributed by atoms with E-state index in [9.17, 15) is 9.50 Å². The van der Waals surface area contributed by atoms with Gasteiger partial charge in [0.05, 0.1) is 36.2 Å². The lowest BCUT2D eigenvalue weighted by molar-refractivity contribution is 0.152. The van der Waals surface area contributed by atoms with Gasteiger partial charge in [-0.25, -0.2) is 14.4 Å². The van der Waals surface area contributed by atoms with Gasteiger partial charge in [-0.3, -0.25) is 4.68 Å². The molecule has 4 heterocycles. The third-order valence-corrected chi connectivity index (χ3v) is 6.83. The van der Waals surface area contributed by atoms with Crippen molar-refractivity contribution in [3.05, 3.63) is 35.7 Å². The first kappa shape index (κ1) is 23.3. The average Bonchev–Trinajstić information content (AvgIpc) is 3.44. The van der Waals surface area contributed by atoms with Gasteiger partial charge in [0, 0.05) is 36.7 Å². The number of nitrogens with zero attached hydrogens (tertiary/aromatic N) is 7. The van der Waals surface area contributed by atoms with Gasteiger partial charge in [0.1, 0.15) is 0 Å². The van der Waals surface area contributed by atoms with Gasteiger partial charge in [-0.15, -0.1) is 5.10 Å². The van der Waals surface area contributed by atoms with Crippen LogP contribution < -0.4 is 15.4 Å². The van der Waals surface area contributed by atoms with Crippen LogP contribution in [0.4, 0.5) is 16.0 Å². The number of aromatic nitrogens is 6. The van der Waals surface area contributed by atoms with Crippen molar-refractivity contribution in [1.82, 2.24) is 29.4 Å². The van der Waals surface area contributed by atoms with Crippen molar-refractivity contribution in [2.45, 2.75) is 45.6 Å². The molecule has 3 N–H and O–H groups in total. The van der Waals surface area contributed by atoms with Crippen molar-refractivity contribution in [1.29, 1.82) is 0 Å². The monoisotopic (exact) mass is 482 g/mol. The highest BCUT2D eigenvalue weighted by Gasteiger charge is 2.32. The number of hydrogen-bond acceptors (Lipinski definition) is 8. The molecule has 1 saturated heterocycles. The number of methoxy groups -OCH3 is 1. The first-order valence-electron chi connectivity index (χ1n) is 11.7. The van der Waals surface area contributed by atoms with Gasteiger partial charge in [-0.05, 0) is 39.2 Å². The summed E-state index contributed by atoms with van der Waals surface area (Å²) in [4.78, 5) is 11.5. The Balaban J connectivity index is 1.53. The van der Waals surface area contributed by atoms with E-state index >= 15 is 0 Å². The van der Waals surface area contributed by atoms with Crippen LogP contribution in [0.5, 0.6) is 5.75 Å². The molecule has 2 atom stereocenters. The van der Waals surface area contributed by atoms with Crippen LogP contribution in [0.15, 0.2) is 18.3 Å². The smallest absolute Gasteiger partial charge is 0.223 e. The van der Waals surface area contributed by atoms with Gasteiger partial charge in [-0.1, -0.05) is 6.92 Å². The molecule has 10 nitrogen and oxygen atoms in total. The Kier molecular flexibility index (Phi) is 5.54. The van der Waals surface area contributed by atoms with Gasteiger partial charge in [-0.2, -0.15) is 9.61 Å². The van der Waals surface area contributed by atoms with Gasteiger partial charge in [0.2, 0.25) is 5.95 Å². The summed E-state index contributed by atoms with van der Waals surface area (Å²) >= 11 is 0. The normalized spacial score (nSPS) is 19.1. The van der Waals surface area contributed by atoms with Gasteiger partial charge < -0.3 is 20.5 Å². The van der Waals surface area contributed by atoms with Crippen molar-refractivity contribution < 1.29 is 14.2 Å². The van der Waals surface area contributed by atoms with E-state index < -0.39 is 11.4 Å². The number of aryl methyl sites for hydroxylation is 1. The molecule has 0 saturated carbocycles. The number of hydrogen-bond donors (Lipinski definition) is 2. The maximum Gasteiger partial charge on any atom is 0.223 e. The zero-order valence-electron chi connectivity index (χ0n) is 20.7. The van der Waals surface area contributed by atoms with E-state index in [1.54, 1.807) is 0 Å². The second kappa shape index (κ2) is 8.33. The van der Waals surface area contributed by atoms with Crippen molar-refractivity contribution in [3.8, 4) is 5.75 Å². The highest BCUT2D eigenvalue weighted by atomic mass is 19.1. The van der Waals surface area contributed by atoms with E-state index in [0.29, 0.717) is 34.8 Å². The average molecular weight is 483 g/mol. The predicted molar refractivity (Wildman–Crippen MR) is 131 cm³/mol. The lowest BCUT2D eigenvalue weighted by atomic mass is 9.89. The molecule has 3 aromatic heterocycles. The second-order valence-corrected chi connectivity index (χ2v) is 10.1. The Morgan fingerprint density at radius 3 is 2.71 bits per heavy atom. The van der Waals surface area contributed by atoms with Gasteiger partial charge >= 0.3 is 0 Å². The number of ether oxygens (including phenoxy) is 1. The van der Waals surface area contributed by atoms with Crippen molar-refractivity contribution in [2.75, 3.05) is 37.4 Å². The zero-order valence-corrected chi connectivity index (χ0v) is 20.7. The van der Waals surface area contributed by atoms with Crippen LogP contribution in [0.25, 0.3) is 16.6 Å². The summed E-state index contributed by atoms with van der Waals surface area (Å²) in [5, 5.41) is 19.6. The molecule has 1 aliphatic rings. The van der Waals surface area contributed by atoms with Crippen molar-refractivity contribution in [3.63, 3.8) is 0 Å². The molecule has 1 fully saturated rings. The fraction of sp³-hybridized carbons (Fsp3) is 0.500. The van der Waals surface area contributed by atoms with E-state index in [0.717, 1.165) is 24.3 Å². The molecule has 4 aromatic rings. The minimum Gasteiger partial charge on any atom is -0.494 e. The summed E-state index contributed by atoms with van der Waals surface area (Å²) < 4.78 is 22.9. The van der Waals surface area contributed by atoms with Crippen molar-refractivity contribution >= 4 is 28.2 Å². The summed E-state index contributed by atoms with van der Waals surface area (Å²) in [5.41, 5.74) is 8.62. The molecule has 0 amide bonds. The first-order chi connectivity index (χ1) is 16.6. The number of aliphatic hydroxyl groups is 1. The molecule has 0 spiro atoms. The number of nitrogen functional groups attached to an aromatic ring is 1. The van der Waals surface area contributed by atoms with E-state index in [4.69, 9.17) is 15.5 Å². The van der Waals surface area contributed by atoms with Crippen LogP contribution in [0.3, 0.4) is 0 Å². The number of fused-ring (bicyclic) bond motifs is 3. The number of nitrogens with two attached hydrogens (primary N) is 1. The van der Waals surface area contributed by atoms with Crippen LogP contribution in [0, 0.1) is 18.7 Å². The maximum atomic E-state index is 14.5. The maximum absolute atomic E-state index is 14.5. The second-order valence-electron chi connectivity index (χ2n) is 10.1. The molecule has 5 rings (SSSR count). The predicted octanol–water partition coefficient (Wildman–Crippen LogP) is 2.87. The third-order valence-electron chi connectivity index (χ3n) is 6.83. The fourth-order valence-electron chi connectivity index (χ4n) is 4.86. The number of rotatable bonds is 5. The quantitative estimate of drug-likeness (QED) is 0.446. The molecule has 186 valence electrons. The number of benzene rings is 1. The lowest BCUT2D eigenvalue weighted by Crippen LogP contribution is -2.39. The largest absolute Gasteiger partial charge is 0.494 e. The van der Waals surface area contributed by atoms with Gasteiger partial charge in [0.15, 0.2) is 23.0 Å². The molecular formula is C24H31FN8O2. The standard InChI is InChI=1S/C24H31FN8O2/c1-13-6-15(10-31(9-13)19-11-32(29-14(19)2)24(3,4)12-34)21-28-22-16-7-17(25)20(35-5)8-18(16)27-23(26)33(22)30-21/h7-8,11,13,15,34H,6,9-10,12H2,1-5H3,(H2,26,27). The molecule has 0 radical (unpaired) electrons. The zero-order chi connectivity index (χ0) is 25.1. The van der Waals surface area contributed by atoms with E-state index in [2.05, 4.69) is 27.0 Å². The number of anilines is 2. The minimum absolute atomic E-state index is 0.00631. The van der Waals surface area contributed by atoms with Crippen LogP contribution in [0.2, 0.25) is 0 Å². The summed E-state index contributed by atoms with van der Waals surface area (Å²) in [7, 11) is 1.41. The molecule has 0 bridgehead atoms. The molecular weight excluding hydrogens is 451 g/mol. The Morgan fingerprint density at radius 1 is 1.23 bits per heavy atom. The number of halogens is 1. The Hall–Kier alpha value is -3.47. The van der Waals surface area contributed by atoms with E-state index in [-0.39, 0.29) is 24.2 Å². The highest BCUT2D eigenvalue weighted by molar-refractivity contribution is 5.93. The summed E-state index contributed by atoms with van der Waals surface area (Å²) in [5.74, 6) is 0.885. The minimum atomic E-state index is -0.492. The first-order valence-corrected chi connectivity index (χ1v) is 11.7. The van der Waals surface area contributed by atoms with E-state index in [1.165, 1.54) is 23.8 Å². The Bertz CT molecular complexity index is 1410. The molecule has 2 unspecified atom stereocenters. The highest BCUT2D eigenvalue weighted by Crippen LogP contribution is 2.35. The fourth-order valence-corrected chi connectivity index (χ4v) is 4.86. The lowest BCUT2D eigenvalue weighted by Gasteiger charge is -2.36. The summed E-state index contributed by atoms with van der Waals surface area (Å²) in [6.45, 7) is 9.68. The van der Waals surface area contributed by atoms with Crippen LogP contribution >= 0.6 is 0 Å². The number of piperidine rings is 1. The number of aliphatic hydroxyl groups excluding tert-OH is 1. The topological polar surface area (TPSA) is 120 Å². The Labute approximate surface area is 202 Å². The molecule has 11 heteroatoms. The summed E-state index contributed by atoms with van der Waals surface area (Å²) in [6.07, 6.45) is 2.92. The van der Waals surface area contributed by atoms with E-state index in [1.807, 2.05) is 31.6 Å². The third kappa shape index (κ3) is 3.93. The molecule has 1 aromatic carbocycles. The van der Waals surface area contributed by atoms with Crippen molar-refractivity contribution in [2.24, 2.45) is 5.92 Å². The molecule has 35 heavy (non-hydrogen) atoms. The SMILES string of the molecule is COc1cc2nc(N)n3nc(C4CC(C)CN(c5cn(C(C)(C)CO)nc5C)C4)nc3c2cc1F. The molecule has 1 aliphatic heterocycles. The van der Waals surface area contributed by atoms with Crippen LogP contribution in [-0.4, -0.2) is 61.3 Å². The Morgan fingerprint density at radius 2 is 2.00 bits per heavy atom. The summed E-state index contributed by atoms with van der Waals surface area (Å²) in [6, 6.07) is 2.89. The molecule has 0 aliphatic carbocycles. The van der Waals surface area contributed by atoms with Gasteiger partial charge in [0.25, 0.3) is 0 Å². The van der Waals surface area contributed by atoms with Crippen LogP contribution in [-0.2, 0) is 5.54 Å². The van der Waals surface area contributed by atoms with Crippen LogP contribution in [0.1, 0.15) is 44.6 Å².